The summed E-state index contributed by atoms with van der Waals surface area (Å²) in [4.78, 5) is 2.56. The Balaban J connectivity index is 2.36. The van der Waals surface area contributed by atoms with Crippen molar-refractivity contribution in [1.29, 1.82) is 0 Å². The minimum Gasteiger partial charge on any atom is -0.308 e. The SMILES string of the molecule is CCC(C)(C)NC1CCN(C(C)C)C1. The zero-order valence-electron chi connectivity index (χ0n) is 10.4. The highest BCUT2D eigenvalue weighted by molar-refractivity contribution is 4.88. The Hall–Kier alpha value is -0.0800. The molecule has 1 N–H and O–H groups in total. The first kappa shape index (κ1) is 12.0. The van der Waals surface area contributed by atoms with Crippen LogP contribution in [0.1, 0.15) is 47.5 Å². The molecule has 0 aromatic carbocycles. The van der Waals surface area contributed by atoms with Crippen molar-refractivity contribution < 1.29 is 0 Å². The lowest BCUT2D eigenvalue weighted by molar-refractivity contribution is 0.255. The molecule has 14 heavy (non-hydrogen) atoms. The molecule has 1 aliphatic rings. The lowest BCUT2D eigenvalue weighted by atomic mass is 10.0. The summed E-state index contributed by atoms with van der Waals surface area (Å²) in [6.45, 7) is 13.9. The van der Waals surface area contributed by atoms with Crippen LogP contribution in [0.25, 0.3) is 0 Å². The molecule has 0 aromatic heterocycles. The van der Waals surface area contributed by atoms with Crippen LogP contribution in [-0.4, -0.2) is 35.6 Å². The molecule has 1 saturated heterocycles. The van der Waals surface area contributed by atoms with Crippen molar-refractivity contribution in [2.75, 3.05) is 13.1 Å². The van der Waals surface area contributed by atoms with Gasteiger partial charge < -0.3 is 5.32 Å². The van der Waals surface area contributed by atoms with Crippen LogP contribution in [-0.2, 0) is 0 Å². The van der Waals surface area contributed by atoms with E-state index in [2.05, 4.69) is 44.8 Å². The van der Waals surface area contributed by atoms with Gasteiger partial charge in [0.2, 0.25) is 0 Å². The van der Waals surface area contributed by atoms with Crippen LogP contribution in [0, 0.1) is 0 Å². The summed E-state index contributed by atoms with van der Waals surface area (Å²) in [6, 6.07) is 1.40. The van der Waals surface area contributed by atoms with E-state index in [9.17, 15) is 0 Å². The monoisotopic (exact) mass is 198 g/mol. The molecule has 2 nitrogen and oxygen atoms in total. The van der Waals surface area contributed by atoms with Gasteiger partial charge in [0.15, 0.2) is 0 Å². The summed E-state index contributed by atoms with van der Waals surface area (Å²) in [6.07, 6.45) is 2.51. The Morgan fingerprint density at radius 2 is 2.07 bits per heavy atom. The smallest absolute Gasteiger partial charge is 0.0212 e. The molecule has 0 radical (unpaired) electrons. The molecule has 0 aromatic rings. The molecule has 1 unspecified atom stereocenters. The molecule has 0 spiro atoms. The molecule has 1 fully saturated rings. The predicted octanol–water partition coefficient (Wildman–Crippen LogP) is 2.25. The third kappa shape index (κ3) is 3.25. The Morgan fingerprint density at radius 1 is 1.43 bits per heavy atom. The number of likely N-dealkylation sites (tertiary alicyclic amines) is 1. The normalized spacial score (nSPS) is 24.9. The first-order valence-electron chi connectivity index (χ1n) is 5.96. The summed E-state index contributed by atoms with van der Waals surface area (Å²) < 4.78 is 0. The topological polar surface area (TPSA) is 15.3 Å². The second-order valence-corrected chi connectivity index (χ2v) is 5.46. The van der Waals surface area contributed by atoms with Crippen LogP contribution in [0.2, 0.25) is 0 Å². The van der Waals surface area contributed by atoms with Crippen LogP contribution in [0.4, 0.5) is 0 Å². The van der Waals surface area contributed by atoms with Gasteiger partial charge >= 0.3 is 0 Å². The van der Waals surface area contributed by atoms with Crippen molar-refractivity contribution in [3.05, 3.63) is 0 Å². The standard InChI is InChI=1S/C12H26N2/c1-6-12(4,5)13-11-7-8-14(9-11)10(2)3/h10-11,13H,6-9H2,1-5H3. The van der Waals surface area contributed by atoms with Gasteiger partial charge in [-0.3, -0.25) is 4.90 Å². The van der Waals surface area contributed by atoms with Gasteiger partial charge in [0, 0.05) is 24.2 Å². The van der Waals surface area contributed by atoms with Crippen LogP contribution < -0.4 is 5.32 Å². The summed E-state index contributed by atoms with van der Waals surface area (Å²) in [5, 5.41) is 3.75. The van der Waals surface area contributed by atoms with Crippen LogP contribution in [0.15, 0.2) is 0 Å². The molecule has 0 aliphatic carbocycles. The average molecular weight is 198 g/mol. The van der Waals surface area contributed by atoms with E-state index in [0.717, 1.165) is 0 Å². The molecule has 1 atom stereocenters. The zero-order valence-corrected chi connectivity index (χ0v) is 10.4. The maximum absolute atomic E-state index is 3.75. The molecule has 1 aliphatic heterocycles. The summed E-state index contributed by atoms with van der Waals surface area (Å²) >= 11 is 0. The Kier molecular flexibility index (Phi) is 3.96. The molecular weight excluding hydrogens is 172 g/mol. The molecule has 2 heteroatoms. The van der Waals surface area contributed by atoms with E-state index in [1.807, 2.05) is 0 Å². The van der Waals surface area contributed by atoms with Gasteiger partial charge in [0.25, 0.3) is 0 Å². The van der Waals surface area contributed by atoms with Gasteiger partial charge in [-0.05, 0) is 47.1 Å². The Labute approximate surface area is 89.1 Å². The molecular formula is C12H26N2. The van der Waals surface area contributed by atoms with Gasteiger partial charge in [0.1, 0.15) is 0 Å². The van der Waals surface area contributed by atoms with E-state index in [4.69, 9.17) is 0 Å². The van der Waals surface area contributed by atoms with Crippen LogP contribution in [0.5, 0.6) is 0 Å². The fourth-order valence-corrected chi connectivity index (χ4v) is 2.03. The maximum atomic E-state index is 3.75. The number of hydrogen-bond acceptors (Lipinski definition) is 2. The van der Waals surface area contributed by atoms with E-state index in [1.165, 1.54) is 25.9 Å². The third-order valence-corrected chi connectivity index (χ3v) is 3.43. The number of rotatable bonds is 4. The largest absolute Gasteiger partial charge is 0.308 e. The van der Waals surface area contributed by atoms with Crippen molar-refractivity contribution >= 4 is 0 Å². The first-order valence-corrected chi connectivity index (χ1v) is 5.96. The van der Waals surface area contributed by atoms with Crippen molar-refractivity contribution in [3.8, 4) is 0 Å². The molecule has 84 valence electrons. The predicted molar refractivity (Wildman–Crippen MR) is 62.6 cm³/mol. The van der Waals surface area contributed by atoms with E-state index in [-0.39, 0.29) is 0 Å². The number of nitrogens with one attached hydrogen (secondary N) is 1. The molecule has 0 amide bonds. The highest BCUT2D eigenvalue weighted by atomic mass is 15.2. The molecule has 1 heterocycles. The second kappa shape index (κ2) is 4.63. The van der Waals surface area contributed by atoms with E-state index >= 15 is 0 Å². The van der Waals surface area contributed by atoms with Crippen molar-refractivity contribution in [2.45, 2.75) is 65.1 Å². The van der Waals surface area contributed by atoms with Gasteiger partial charge in [-0.1, -0.05) is 6.92 Å². The fraction of sp³-hybridized carbons (Fsp3) is 1.00. The lowest BCUT2D eigenvalue weighted by Crippen LogP contribution is -2.47. The minimum absolute atomic E-state index is 0.303. The van der Waals surface area contributed by atoms with Gasteiger partial charge in [-0.15, -0.1) is 0 Å². The lowest BCUT2D eigenvalue weighted by Gasteiger charge is -2.29. The first-order chi connectivity index (χ1) is 6.44. The van der Waals surface area contributed by atoms with Crippen molar-refractivity contribution in [2.24, 2.45) is 0 Å². The summed E-state index contributed by atoms with van der Waals surface area (Å²) in [5.41, 5.74) is 0.303. The van der Waals surface area contributed by atoms with Gasteiger partial charge in [0.05, 0.1) is 0 Å². The summed E-state index contributed by atoms with van der Waals surface area (Å²) in [5.74, 6) is 0. The zero-order chi connectivity index (χ0) is 10.8. The molecule has 0 saturated carbocycles. The number of hydrogen-bond donors (Lipinski definition) is 1. The Morgan fingerprint density at radius 3 is 2.50 bits per heavy atom. The average Bonchev–Trinajstić information content (AvgIpc) is 2.52. The minimum atomic E-state index is 0.303. The van der Waals surface area contributed by atoms with Crippen LogP contribution in [0.3, 0.4) is 0 Å². The van der Waals surface area contributed by atoms with E-state index in [1.54, 1.807) is 0 Å². The van der Waals surface area contributed by atoms with Crippen LogP contribution >= 0.6 is 0 Å². The van der Waals surface area contributed by atoms with Crippen molar-refractivity contribution in [1.82, 2.24) is 10.2 Å². The van der Waals surface area contributed by atoms with Gasteiger partial charge in [-0.2, -0.15) is 0 Å². The Bertz CT molecular complexity index is 175. The summed E-state index contributed by atoms with van der Waals surface area (Å²) in [7, 11) is 0. The highest BCUT2D eigenvalue weighted by Gasteiger charge is 2.27. The van der Waals surface area contributed by atoms with Crippen molar-refractivity contribution in [3.63, 3.8) is 0 Å². The quantitative estimate of drug-likeness (QED) is 0.745. The second-order valence-electron chi connectivity index (χ2n) is 5.46. The third-order valence-electron chi connectivity index (χ3n) is 3.43. The van der Waals surface area contributed by atoms with E-state index < -0.39 is 0 Å². The number of nitrogens with zero attached hydrogens (tertiary/aromatic N) is 1. The van der Waals surface area contributed by atoms with Gasteiger partial charge in [-0.25, -0.2) is 0 Å². The highest BCUT2D eigenvalue weighted by Crippen LogP contribution is 2.16. The van der Waals surface area contributed by atoms with E-state index in [0.29, 0.717) is 17.6 Å². The molecule has 0 bridgehead atoms. The fourth-order valence-electron chi connectivity index (χ4n) is 2.03. The molecule has 1 rings (SSSR count). The maximum Gasteiger partial charge on any atom is 0.0212 e.